The standard InChI is InChI=1S/C16H29N3O2/c1-3-17-15(21)18-16(9-4-5-10-16)14(20)19-11-6-7-13(2)8-12-19/h13H,3-12H2,1-2H3,(H2,17,18,21). The monoisotopic (exact) mass is 295 g/mol. The largest absolute Gasteiger partial charge is 0.341 e. The molecule has 0 aromatic heterocycles. The van der Waals surface area contributed by atoms with E-state index in [9.17, 15) is 9.59 Å². The van der Waals surface area contributed by atoms with Crippen LogP contribution in [-0.4, -0.2) is 42.0 Å². The molecule has 1 aliphatic heterocycles. The number of rotatable bonds is 3. The second kappa shape index (κ2) is 7.14. The summed E-state index contributed by atoms with van der Waals surface area (Å²) < 4.78 is 0. The molecule has 1 saturated carbocycles. The number of carbonyl (C=O) groups excluding carboxylic acids is 2. The maximum atomic E-state index is 13.0. The van der Waals surface area contributed by atoms with Crippen LogP contribution in [0.15, 0.2) is 0 Å². The first-order valence-corrected chi connectivity index (χ1v) is 8.43. The Morgan fingerprint density at radius 1 is 1.14 bits per heavy atom. The molecule has 1 unspecified atom stereocenters. The maximum absolute atomic E-state index is 13.0. The van der Waals surface area contributed by atoms with Crippen molar-refractivity contribution in [1.29, 1.82) is 0 Å². The summed E-state index contributed by atoms with van der Waals surface area (Å²) in [6.45, 7) is 6.39. The Bertz CT molecular complexity index is 378. The van der Waals surface area contributed by atoms with Gasteiger partial charge in [0.1, 0.15) is 5.54 Å². The van der Waals surface area contributed by atoms with Gasteiger partial charge in [0.25, 0.3) is 0 Å². The summed E-state index contributed by atoms with van der Waals surface area (Å²) in [6, 6.07) is -0.212. The van der Waals surface area contributed by atoms with Gasteiger partial charge in [-0.2, -0.15) is 0 Å². The number of likely N-dealkylation sites (tertiary alicyclic amines) is 1. The fraction of sp³-hybridized carbons (Fsp3) is 0.875. The molecule has 3 amide bonds. The van der Waals surface area contributed by atoms with E-state index < -0.39 is 5.54 Å². The van der Waals surface area contributed by atoms with Gasteiger partial charge in [0.2, 0.25) is 5.91 Å². The van der Waals surface area contributed by atoms with E-state index in [2.05, 4.69) is 17.6 Å². The Balaban J connectivity index is 2.06. The van der Waals surface area contributed by atoms with E-state index >= 15 is 0 Å². The summed E-state index contributed by atoms with van der Waals surface area (Å²) in [5, 5.41) is 5.73. The number of nitrogens with one attached hydrogen (secondary N) is 2. The summed E-state index contributed by atoms with van der Waals surface area (Å²) in [5.74, 6) is 0.832. The normalized spacial score (nSPS) is 25.2. The lowest BCUT2D eigenvalue weighted by molar-refractivity contribution is -0.137. The predicted molar refractivity (Wildman–Crippen MR) is 83.0 cm³/mol. The number of amides is 3. The highest BCUT2D eigenvalue weighted by molar-refractivity contribution is 5.91. The van der Waals surface area contributed by atoms with Gasteiger partial charge in [0.05, 0.1) is 0 Å². The van der Waals surface area contributed by atoms with Crippen LogP contribution in [0.5, 0.6) is 0 Å². The number of nitrogens with zero attached hydrogens (tertiary/aromatic N) is 1. The third kappa shape index (κ3) is 3.89. The van der Waals surface area contributed by atoms with Crippen LogP contribution in [-0.2, 0) is 4.79 Å². The van der Waals surface area contributed by atoms with Crippen LogP contribution in [0, 0.1) is 5.92 Å². The molecule has 21 heavy (non-hydrogen) atoms. The molecule has 0 radical (unpaired) electrons. The van der Waals surface area contributed by atoms with Crippen LogP contribution in [0.3, 0.4) is 0 Å². The van der Waals surface area contributed by atoms with Crippen molar-refractivity contribution in [2.24, 2.45) is 5.92 Å². The van der Waals surface area contributed by atoms with Crippen LogP contribution >= 0.6 is 0 Å². The minimum Gasteiger partial charge on any atom is -0.341 e. The summed E-state index contributed by atoms with van der Waals surface area (Å²) >= 11 is 0. The Kier molecular flexibility index (Phi) is 5.48. The molecular formula is C16H29N3O2. The lowest BCUT2D eigenvalue weighted by Crippen LogP contribution is -2.60. The van der Waals surface area contributed by atoms with Crippen LogP contribution < -0.4 is 10.6 Å². The summed E-state index contributed by atoms with van der Waals surface area (Å²) in [7, 11) is 0. The molecule has 0 aromatic carbocycles. The lowest BCUT2D eigenvalue weighted by atomic mass is 9.95. The maximum Gasteiger partial charge on any atom is 0.315 e. The molecule has 5 heteroatoms. The lowest BCUT2D eigenvalue weighted by Gasteiger charge is -2.34. The van der Waals surface area contributed by atoms with Crippen molar-refractivity contribution in [2.75, 3.05) is 19.6 Å². The molecule has 120 valence electrons. The third-order valence-electron chi connectivity index (χ3n) is 4.86. The van der Waals surface area contributed by atoms with Crippen molar-refractivity contribution in [1.82, 2.24) is 15.5 Å². The van der Waals surface area contributed by atoms with E-state index in [1.54, 1.807) is 0 Å². The van der Waals surface area contributed by atoms with Crippen LogP contribution in [0.4, 0.5) is 4.79 Å². The molecule has 1 heterocycles. The van der Waals surface area contributed by atoms with Gasteiger partial charge in [-0.1, -0.05) is 19.8 Å². The Labute approximate surface area is 127 Å². The average molecular weight is 295 g/mol. The fourth-order valence-corrected chi connectivity index (χ4v) is 3.56. The highest BCUT2D eigenvalue weighted by atomic mass is 16.2. The van der Waals surface area contributed by atoms with E-state index in [1.165, 1.54) is 6.42 Å². The molecule has 2 aliphatic rings. The molecule has 2 fully saturated rings. The second-order valence-electron chi connectivity index (χ2n) is 6.60. The van der Waals surface area contributed by atoms with Crippen molar-refractivity contribution in [3.8, 4) is 0 Å². The Morgan fingerprint density at radius 2 is 1.86 bits per heavy atom. The highest BCUT2D eigenvalue weighted by Gasteiger charge is 2.44. The summed E-state index contributed by atoms with van der Waals surface area (Å²) in [4.78, 5) is 26.9. The van der Waals surface area contributed by atoms with Crippen molar-refractivity contribution in [3.63, 3.8) is 0 Å². The van der Waals surface area contributed by atoms with Gasteiger partial charge in [-0.3, -0.25) is 4.79 Å². The molecule has 0 bridgehead atoms. The molecule has 1 saturated heterocycles. The minimum atomic E-state index is -0.660. The zero-order chi connectivity index (χ0) is 15.3. The van der Waals surface area contributed by atoms with Crippen LogP contribution in [0.1, 0.15) is 58.8 Å². The third-order valence-corrected chi connectivity index (χ3v) is 4.86. The number of hydrogen-bond donors (Lipinski definition) is 2. The fourth-order valence-electron chi connectivity index (χ4n) is 3.56. The van der Waals surface area contributed by atoms with Crippen molar-refractivity contribution in [2.45, 2.75) is 64.3 Å². The van der Waals surface area contributed by atoms with Gasteiger partial charge < -0.3 is 15.5 Å². The van der Waals surface area contributed by atoms with Gasteiger partial charge in [-0.25, -0.2) is 4.79 Å². The number of urea groups is 1. The number of carbonyl (C=O) groups is 2. The quantitative estimate of drug-likeness (QED) is 0.839. The molecule has 1 aliphatic carbocycles. The van der Waals surface area contributed by atoms with Crippen LogP contribution in [0.25, 0.3) is 0 Å². The summed E-state index contributed by atoms with van der Waals surface area (Å²) in [5.41, 5.74) is -0.660. The van der Waals surface area contributed by atoms with E-state index in [-0.39, 0.29) is 11.9 Å². The van der Waals surface area contributed by atoms with Gasteiger partial charge in [0.15, 0.2) is 0 Å². The molecule has 2 N–H and O–H groups in total. The van der Waals surface area contributed by atoms with E-state index in [4.69, 9.17) is 0 Å². The minimum absolute atomic E-state index is 0.139. The van der Waals surface area contributed by atoms with Crippen molar-refractivity contribution in [3.05, 3.63) is 0 Å². The van der Waals surface area contributed by atoms with E-state index in [0.717, 1.165) is 51.6 Å². The Morgan fingerprint density at radius 3 is 2.52 bits per heavy atom. The van der Waals surface area contributed by atoms with Crippen molar-refractivity contribution >= 4 is 11.9 Å². The molecule has 2 rings (SSSR count). The van der Waals surface area contributed by atoms with Gasteiger partial charge in [-0.05, 0) is 44.9 Å². The highest BCUT2D eigenvalue weighted by Crippen LogP contribution is 2.32. The first-order valence-electron chi connectivity index (χ1n) is 8.43. The van der Waals surface area contributed by atoms with E-state index in [0.29, 0.717) is 12.5 Å². The zero-order valence-electron chi connectivity index (χ0n) is 13.4. The summed E-state index contributed by atoms with van der Waals surface area (Å²) in [6.07, 6.45) is 6.92. The average Bonchev–Trinajstić information content (AvgIpc) is 2.81. The molecule has 0 spiro atoms. The number of hydrogen-bond acceptors (Lipinski definition) is 2. The predicted octanol–water partition coefficient (Wildman–Crippen LogP) is 2.27. The zero-order valence-corrected chi connectivity index (χ0v) is 13.4. The molecule has 5 nitrogen and oxygen atoms in total. The molecule has 0 aromatic rings. The van der Waals surface area contributed by atoms with Gasteiger partial charge in [-0.15, -0.1) is 0 Å². The Hall–Kier alpha value is -1.26. The van der Waals surface area contributed by atoms with Gasteiger partial charge in [0, 0.05) is 19.6 Å². The molecular weight excluding hydrogens is 266 g/mol. The van der Waals surface area contributed by atoms with Gasteiger partial charge >= 0.3 is 6.03 Å². The van der Waals surface area contributed by atoms with E-state index in [1.807, 2.05) is 11.8 Å². The van der Waals surface area contributed by atoms with Crippen LogP contribution in [0.2, 0.25) is 0 Å². The first-order chi connectivity index (χ1) is 10.1. The SMILES string of the molecule is CCNC(=O)NC1(C(=O)N2CCCC(C)CC2)CCCC1. The van der Waals surface area contributed by atoms with Crippen molar-refractivity contribution < 1.29 is 9.59 Å². The first kappa shape index (κ1) is 16.1. The smallest absolute Gasteiger partial charge is 0.315 e. The second-order valence-corrected chi connectivity index (χ2v) is 6.60. The topological polar surface area (TPSA) is 61.4 Å². The molecule has 1 atom stereocenters.